The van der Waals surface area contributed by atoms with E-state index >= 15 is 0 Å². The van der Waals surface area contributed by atoms with Gasteiger partial charge in [0.15, 0.2) is 0 Å². The largest absolute Gasteiger partial charge is 0.326 e. The molecule has 1 aliphatic rings. The van der Waals surface area contributed by atoms with Gasteiger partial charge in [0.25, 0.3) is 0 Å². The smallest absolute Gasteiger partial charge is 0.232 e. The SMILES string of the molecule is Cc1c(Cl)cccc1NC(=O)C[C@H]1C(=O)Nc2ccccc21. The quantitative estimate of drug-likeness (QED) is 0.907. The lowest BCUT2D eigenvalue weighted by atomic mass is 9.97. The minimum Gasteiger partial charge on any atom is -0.326 e. The van der Waals surface area contributed by atoms with Gasteiger partial charge in [0, 0.05) is 22.8 Å². The lowest BCUT2D eigenvalue weighted by Crippen LogP contribution is -2.20. The number of amides is 2. The molecule has 0 fully saturated rings. The van der Waals surface area contributed by atoms with Crippen LogP contribution in [0.1, 0.15) is 23.5 Å². The van der Waals surface area contributed by atoms with Crippen molar-refractivity contribution in [2.45, 2.75) is 19.3 Å². The third-order valence-electron chi connectivity index (χ3n) is 3.84. The van der Waals surface area contributed by atoms with Gasteiger partial charge in [0.2, 0.25) is 11.8 Å². The Hall–Kier alpha value is -2.33. The molecule has 0 bridgehead atoms. The van der Waals surface area contributed by atoms with E-state index in [2.05, 4.69) is 10.6 Å². The van der Waals surface area contributed by atoms with Crippen molar-refractivity contribution in [1.82, 2.24) is 0 Å². The average molecular weight is 315 g/mol. The molecule has 2 aromatic rings. The van der Waals surface area contributed by atoms with Gasteiger partial charge in [-0.1, -0.05) is 35.9 Å². The number of nitrogens with one attached hydrogen (secondary N) is 2. The molecule has 3 rings (SSSR count). The van der Waals surface area contributed by atoms with Crippen LogP contribution in [0.15, 0.2) is 42.5 Å². The predicted molar refractivity (Wildman–Crippen MR) is 87.2 cm³/mol. The lowest BCUT2D eigenvalue weighted by Gasteiger charge is -2.12. The van der Waals surface area contributed by atoms with Crippen molar-refractivity contribution in [3.63, 3.8) is 0 Å². The van der Waals surface area contributed by atoms with E-state index in [-0.39, 0.29) is 18.2 Å². The molecular weight excluding hydrogens is 300 g/mol. The fourth-order valence-electron chi connectivity index (χ4n) is 2.61. The van der Waals surface area contributed by atoms with Gasteiger partial charge in [-0.3, -0.25) is 9.59 Å². The predicted octanol–water partition coefficient (Wildman–Crippen LogP) is 3.71. The van der Waals surface area contributed by atoms with Crippen LogP contribution >= 0.6 is 11.6 Å². The summed E-state index contributed by atoms with van der Waals surface area (Å²) in [6.45, 7) is 1.84. The Balaban J connectivity index is 1.75. The van der Waals surface area contributed by atoms with Crippen LogP contribution in [0.2, 0.25) is 5.02 Å². The number of hydrogen-bond acceptors (Lipinski definition) is 2. The van der Waals surface area contributed by atoms with Crippen molar-refractivity contribution in [3.8, 4) is 0 Å². The molecule has 22 heavy (non-hydrogen) atoms. The van der Waals surface area contributed by atoms with Crippen LogP contribution < -0.4 is 10.6 Å². The summed E-state index contributed by atoms with van der Waals surface area (Å²) in [5.41, 5.74) is 3.13. The number of benzene rings is 2. The van der Waals surface area contributed by atoms with Gasteiger partial charge in [-0.2, -0.15) is 0 Å². The second-order valence-corrected chi connectivity index (χ2v) is 5.70. The molecule has 1 atom stereocenters. The molecule has 2 aromatic carbocycles. The summed E-state index contributed by atoms with van der Waals surface area (Å²) < 4.78 is 0. The number of carbonyl (C=O) groups excluding carboxylic acids is 2. The molecule has 2 amide bonds. The van der Waals surface area contributed by atoms with E-state index in [0.29, 0.717) is 10.7 Å². The number of fused-ring (bicyclic) bond motifs is 1. The standard InChI is InChI=1S/C17H15ClN2O2/c1-10-13(18)6-4-8-14(10)19-16(21)9-12-11-5-2-3-7-15(11)20-17(12)22/h2-8,12H,9H2,1H3,(H,19,21)(H,20,22)/t12-/m1/s1. The zero-order valence-corrected chi connectivity index (χ0v) is 12.8. The van der Waals surface area contributed by atoms with Crippen molar-refractivity contribution in [3.05, 3.63) is 58.6 Å². The van der Waals surface area contributed by atoms with E-state index in [0.717, 1.165) is 16.8 Å². The van der Waals surface area contributed by atoms with E-state index in [1.54, 1.807) is 18.2 Å². The Kier molecular flexibility index (Phi) is 3.86. The monoisotopic (exact) mass is 314 g/mol. The number of carbonyl (C=O) groups is 2. The van der Waals surface area contributed by atoms with E-state index in [1.807, 2.05) is 31.2 Å². The minimum absolute atomic E-state index is 0.106. The van der Waals surface area contributed by atoms with Crippen LogP contribution in [0, 0.1) is 6.92 Å². The minimum atomic E-state index is -0.448. The van der Waals surface area contributed by atoms with Crippen LogP contribution in [0.3, 0.4) is 0 Å². The van der Waals surface area contributed by atoms with Crippen molar-refractivity contribution in [1.29, 1.82) is 0 Å². The maximum Gasteiger partial charge on any atom is 0.232 e. The first-order chi connectivity index (χ1) is 10.6. The van der Waals surface area contributed by atoms with E-state index in [1.165, 1.54) is 0 Å². The van der Waals surface area contributed by atoms with Crippen LogP contribution in [-0.2, 0) is 9.59 Å². The fourth-order valence-corrected chi connectivity index (χ4v) is 2.78. The molecule has 0 radical (unpaired) electrons. The van der Waals surface area contributed by atoms with Crippen molar-refractivity contribution in [2.24, 2.45) is 0 Å². The summed E-state index contributed by atoms with van der Waals surface area (Å²) in [5.74, 6) is -0.794. The summed E-state index contributed by atoms with van der Waals surface area (Å²) in [6, 6.07) is 12.8. The Morgan fingerprint density at radius 3 is 2.82 bits per heavy atom. The normalized spacial score (nSPS) is 16.1. The van der Waals surface area contributed by atoms with Gasteiger partial charge in [0.05, 0.1) is 5.92 Å². The third kappa shape index (κ3) is 2.70. The van der Waals surface area contributed by atoms with E-state index < -0.39 is 5.92 Å². The third-order valence-corrected chi connectivity index (χ3v) is 4.25. The molecule has 0 spiro atoms. The Bertz CT molecular complexity index is 758. The number of anilines is 2. The Morgan fingerprint density at radius 2 is 2.00 bits per heavy atom. The first kappa shape index (κ1) is 14.6. The first-order valence-electron chi connectivity index (χ1n) is 7.01. The summed E-state index contributed by atoms with van der Waals surface area (Å²) in [7, 11) is 0. The van der Waals surface area contributed by atoms with Gasteiger partial charge < -0.3 is 10.6 Å². The highest BCUT2D eigenvalue weighted by molar-refractivity contribution is 6.31. The highest BCUT2D eigenvalue weighted by atomic mass is 35.5. The molecule has 0 aliphatic carbocycles. The molecule has 4 nitrogen and oxygen atoms in total. The van der Waals surface area contributed by atoms with Crippen molar-refractivity contribution < 1.29 is 9.59 Å². The summed E-state index contributed by atoms with van der Waals surface area (Å²) in [5, 5.41) is 6.22. The summed E-state index contributed by atoms with van der Waals surface area (Å²) in [6.07, 6.45) is 0.106. The van der Waals surface area contributed by atoms with Crippen LogP contribution in [0.25, 0.3) is 0 Å². The highest BCUT2D eigenvalue weighted by Crippen LogP contribution is 2.34. The van der Waals surface area contributed by atoms with Gasteiger partial charge in [-0.25, -0.2) is 0 Å². The van der Waals surface area contributed by atoms with Crippen LogP contribution in [0.4, 0.5) is 11.4 Å². The lowest BCUT2D eigenvalue weighted by molar-refractivity contribution is -0.122. The number of halogens is 1. The van der Waals surface area contributed by atoms with Crippen molar-refractivity contribution >= 4 is 34.8 Å². The molecule has 2 N–H and O–H groups in total. The zero-order valence-electron chi connectivity index (χ0n) is 12.0. The number of hydrogen-bond donors (Lipinski definition) is 2. The van der Waals surface area contributed by atoms with Gasteiger partial charge in [-0.05, 0) is 36.2 Å². The van der Waals surface area contributed by atoms with E-state index in [4.69, 9.17) is 11.6 Å². The number of para-hydroxylation sites is 1. The molecule has 1 aliphatic heterocycles. The topological polar surface area (TPSA) is 58.2 Å². The Morgan fingerprint density at radius 1 is 1.23 bits per heavy atom. The summed E-state index contributed by atoms with van der Waals surface area (Å²) in [4.78, 5) is 24.3. The molecule has 0 aromatic heterocycles. The number of rotatable bonds is 3. The van der Waals surface area contributed by atoms with Crippen molar-refractivity contribution in [2.75, 3.05) is 10.6 Å². The zero-order chi connectivity index (χ0) is 15.7. The fraction of sp³-hybridized carbons (Fsp3) is 0.176. The molecule has 1 heterocycles. The second kappa shape index (κ2) is 5.81. The molecule has 0 saturated heterocycles. The van der Waals surface area contributed by atoms with Crippen LogP contribution in [0.5, 0.6) is 0 Å². The molecule has 0 unspecified atom stereocenters. The second-order valence-electron chi connectivity index (χ2n) is 5.29. The highest BCUT2D eigenvalue weighted by Gasteiger charge is 2.31. The molecular formula is C17H15ClN2O2. The maximum atomic E-state index is 12.3. The average Bonchev–Trinajstić information content (AvgIpc) is 2.80. The molecule has 5 heteroatoms. The first-order valence-corrected chi connectivity index (χ1v) is 7.39. The van der Waals surface area contributed by atoms with Gasteiger partial charge in [-0.15, -0.1) is 0 Å². The molecule has 112 valence electrons. The van der Waals surface area contributed by atoms with E-state index in [9.17, 15) is 9.59 Å². The Labute approximate surface area is 133 Å². The van der Waals surface area contributed by atoms with Gasteiger partial charge >= 0.3 is 0 Å². The summed E-state index contributed by atoms with van der Waals surface area (Å²) >= 11 is 6.04. The molecule has 0 saturated carbocycles. The maximum absolute atomic E-state index is 12.3. The van der Waals surface area contributed by atoms with Crippen LogP contribution in [-0.4, -0.2) is 11.8 Å². The van der Waals surface area contributed by atoms with Gasteiger partial charge in [0.1, 0.15) is 0 Å².